The molecule has 0 amide bonds. The molecule has 0 saturated heterocycles. The SMILES string of the molecule is CCC/C=C\C/C=C\CCCCCCCC(=O)OCC(COC(=O)CCCCCCCCCCCCCCC/C=C\CCCCCCCCCC)OC(=O)CCCCCCCCC/C=C\C/C=C\CCCCCC. The summed E-state index contributed by atoms with van der Waals surface area (Å²) >= 11 is 0. The van der Waals surface area contributed by atoms with E-state index in [0.717, 1.165) is 96.3 Å². The third-order valence-electron chi connectivity index (χ3n) is 14.2. The molecule has 0 N–H and O–H groups in total. The van der Waals surface area contributed by atoms with Gasteiger partial charge in [-0.25, -0.2) is 0 Å². The van der Waals surface area contributed by atoms with Crippen LogP contribution in [-0.4, -0.2) is 37.2 Å². The fraction of sp³-hybridized carbons (Fsp3) is 0.809. The summed E-state index contributed by atoms with van der Waals surface area (Å²) in [7, 11) is 0. The summed E-state index contributed by atoms with van der Waals surface area (Å²) in [6, 6.07) is 0. The Balaban J connectivity index is 4.28. The van der Waals surface area contributed by atoms with Crippen LogP contribution in [-0.2, 0) is 28.6 Å². The zero-order chi connectivity index (χ0) is 53.6. The molecule has 74 heavy (non-hydrogen) atoms. The van der Waals surface area contributed by atoms with Crippen molar-refractivity contribution in [3.05, 3.63) is 60.8 Å². The third-order valence-corrected chi connectivity index (χ3v) is 14.2. The maximum Gasteiger partial charge on any atom is 0.306 e. The van der Waals surface area contributed by atoms with Crippen LogP contribution in [0.25, 0.3) is 0 Å². The highest BCUT2D eigenvalue weighted by molar-refractivity contribution is 5.71. The summed E-state index contributed by atoms with van der Waals surface area (Å²) < 4.78 is 16.9. The second-order valence-corrected chi connectivity index (χ2v) is 21.7. The highest BCUT2D eigenvalue weighted by Crippen LogP contribution is 2.17. The van der Waals surface area contributed by atoms with Gasteiger partial charge in [0.1, 0.15) is 13.2 Å². The van der Waals surface area contributed by atoms with Crippen LogP contribution in [0, 0.1) is 0 Å². The van der Waals surface area contributed by atoms with E-state index in [2.05, 4.69) is 81.5 Å². The number of hydrogen-bond donors (Lipinski definition) is 0. The predicted octanol–water partition coefficient (Wildman–Crippen LogP) is 21.9. The number of hydrogen-bond acceptors (Lipinski definition) is 6. The minimum atomic E-state index is -0.785. The molecule has 0 aromatic carbocycles. The Hall–Kier alpha value is -2.89. The molecule has 0 aliphatic rings. The lowest BCUT2D eigenvalue weighted by atomic mass is 10.0. The number of esters is 3. The average Bonchev–Trinajstić information content (AvgIpc) is 3.40. The van der Waals surface area contributed by atoms with E-state index in [1.54, 1.807) is 0 Å². The lowest BCUT2D eigenvalue weighted by Crippen LogP contribution is -2.30. The van der Waals surface area contributed by atoms with E-state index in [1.165, 1.54) is 199 Å². The molecule has 0 aromatic rings. The van der Waals surface area contributed by atoms with Crippen LogP contribution in [0.1, 0.15) is 335 Å². The second kappa shape index (κ2) is 62.6. The van der Waals surface area contributed by atoms with Gasteiger partial charge in [-0.1, -0.05) is 274 Å². The minimum Gasteiger partial charge on any atom is -0.462 e. The molecule has 6 heteroatoms. The van der Waals surface area contributed by atoms with Crippen molar-refractivity contribution in [3.63, 3.8) is 0 Å². The van der Waals surface area contributed by atoms with Gasteiger partial charge in [-0.2, -0.15) is 0 Å². The molecule has 430 valence electrons. The summed E-state index contributed by atoms with van der Waals surface area (Å²) in [5.41, 5.74) is 0. The molecule has 6 nitrogen and oxygen atoms in total. The van der Waals surface area contributed by atoms with Gasteiger partial charge in [-0.15, -0.1) is 0 Å². The lowest BCUT2D eigenvalue weighted by molar-refractivity contribution is -0.167. The van der Waals surface area contributed by atoms with Crippen molar-refractivity contribution in [3.8, 4) is 0 Å². The Kier molecular flexibility index (Phi) is 60.2. The molecule has 1 atom stereocenters. The molecule has 0 aliphatic carbocycles. The normalized spacial score (nSPS) is 12.4. The van der Waals surface area contributed by atoms with Gasteiger partial charge in [0.25, 0.3) is 0 Å². The van der Waals surface area contributed by atoms with Gasteiger partial charge in [-0.05, 0) is 103 Å². The number of allylic oxidation sites excluding steroid dienone is 10. The van der Waals surface area contributed by atoms with E-state index in [0.29, 0.717) is 19.3 Å². The maximum atomic E-state index is 12.9. The monoisotopic (exact) mass is 1030 g/mol. The minimum absolute atomic E-state index is 0.0802. The van der Waals surface area contributed by atoms with Gasteiger partial charge in [0, 0.05) is 19.3 Å². The summed E-state index contributed by atoms with van der Waals surface area (Å²) in [6.45, 7) is 6.58. The fourth-order valence-electron chi connectivity index (χ4n) is 9.33. The standard InChI is InChI=1S/C68H122O6/c1-4-7-10-13-16-19-22-25-27-29-31-32-33-34-35-36-37-39-40-43-46-49-52-55-58-61-67(70)73-64-65(63-72-66(69)60-57-54-51-48-45-42-24-21-18-15-12-9-6-3)74-68(71)62-59-56-53-50-47-44-41-38-30-28-26-23-20-17-14-11-8-5-2/h12,15,20-21,23-24,28-31,65H,4-11,13-14,16-19,22,25-27,32-64H2,1-3H3/b15-12-,23-20-,24-21-,30-28-,31-29-. The number of rotatable bonds is 59. The first-order valence-corrected chi connectivity index (χ1v) is 32.3. The van der Waals surface area contributed by atoms with Crippen molar-refractivity contribution in [1.29, 1.82) is 0 Å². The Morgan fingerprint density at radius 2 is 0.514 bits per heavy atom. The topological polar surface area (TPSA) is 78.9 Å². The third kappa shape index (κ3) is 60.0. The van der Waals surface area contributed by atoms with Crippen LogP contribution >= 0.6 is 0 Å². The summed E-state index contributed by atoms with van der Waals surface area (Å²) in [5.74, 6) is -0.887. The molecule has 0 spiro atoms. The molecular formula is C68H122O6. The number of carbonyl (C=O) groups is 3. The fourth-order valence-corrected chi connectivity index (χ4v) is 9.33. The van der Waals surface area contributed by atoms with Crippen LogP contribution in [0.2, 0.25) is 0 Å². The van der Waals surface area contributed by atoms with E-state index in [-0.39, 0.29) is 31.1 Å². The first-order chi connectivity index (χ1) is 36.5. The van der Waals surface area contributed by atoms with Crippen molar-refractivity contribution >= 4 is 17.9 Å². The van der Waals surface area contributed by atoms with Crippen molar-refractivity contribution in [2.75, 3.05) is 13.2 Å². The van der Waals surface area contributed by atoms with E-state index < -0.39 is 6.10 Å². The smallest absolute Gasteiger partial charge is 0.306 e. The zero-order valence-electron chi connectivity index (χ0n) is 49.4. The molecule has 0 rings (SSSR count). The Bertz CT molecular complexity index is 1330. The molecule has 0 saturated carbocycles. The summed E-state index contributed by atoms with van der Waals surface area (Å²) in [5, 5.41) is 0. The molecule has 0 fully saturated rings. The number of ether oxygens (including phenoxy) is 3. The molecule has 0 aromatic heterocycles. The van der Waals surface area contributed by atoms with Crippen LogP contribution in [0.5, 0.6) is 0 Å². The van der Waals surface area contributed by atoms with Crippen molar-refractivity contribution < 1.29 is 28.6 Å². The Morgan fingerprint density at radius 1 is 0.270 bits per heavy atom. The zero-order valence-corrected chi connectivity index (χ0v) is 49.4. The van der Waals surface area contributed by atoms with Gasteiger partial charge in [0.15, 0.2) is 6.10 Å². The number of unbranched alkanes of at least 4 members (excludes halogenated alkanes) is 38. The summed E-state index contributed by atoms with van der Waals surface area (Å²) in [6.07, 6.45) is 79.4. The van der Waals surface area contributed by atoms with Gasteiger partial charge in [-0.3, -0.25) is 14.4 Å². The maximum absolute atomic E-state index is 12.9. The largest absolute Gasteiger partial charge is 0.462 e. The lowest BCUT2D eigenvalue weighted by Gasteiger charge is -2.18. The van der Waals surface area contributed by atoms with Gasteiger partial charge in [0.2, 0.25) is 0 Å². The van der Waals surface area contributed by atoms with Gasteiger partial charge >= 0.3 is 17.9 Å². The molecular weight excluding hydrogens is 913 g/mol. The van der Waals surface area contributed by atoms with E-state index >= 15 is 0 Å². The molecule has 0 bridgehead atoms. The van der Waals surface area contributed by atoms with Crippen molar-refractivity contribution in [1.82, 2.24) is 0 Å². The second-order valence-electron chi connectivity index (χ2n) is 21.7. The first kappa shape index (κ1) is 71.1. The van der Waals surface area contributed by atoms with Gasteiger partial charge in [0.05, 0.1) is 0 Å². The van der Waals surface area contributed by atoms with E-state index in [4.69, 9.17) is 14.2 Å². The highest BCUT2D eigenvalue weighted by atomic mass is 16.6. The van der Waals surface area contributed by atoms with Crippen molar-refractivity contribution in [2.45, 2.75) is 341 Å². The van der Waals surface area contributed by atoms with Crippen LogP contribution < -0.4 is 0 Å². The Morgan fingerprint density at radius 3 is 0.824 bits per heavy atom. The van der Waals surface area contributed by atoms with Crippen LogP contribution in [0.15, 0.2) is 60.8 Å². The molecule has 0 radical (unpaired) electrons. The molecule has 0 heterocycles. The predicted molar refractivity (Wildman–Crippen MR) is 321 cm³/mol. The molecule has 0 aliphatic heterocycles. The molecule has 1 unspecified atom stereocenters. The van der Waals surface area contributed by atoms with Crippen molar-refractivity contribution in [2.24, 2.45) is 0 Å². The van der Waals surface area contributed by atoms with E-state index in [1.807, 2.05) is 0 Å². The summed E-state index contributed by atoms with van der Waals surface area (Å²) in [4.78, 5) is 38.3. The number of carbonyl (C=O) groups excluding carboxylic acids is 3. The quantitative estimate of drug-likeness (QED) is 0.0261. The average molecular weight is 1040 g/mol. The highest BCUT2D eigenvalue weighted by Gasteiger charge is 2.19. The van der Waals surface area contributed by atoms with E-state index in [9.17, 15) is 14.4 Å². The van der Waals surface area contributed by atoms with Crippen LogP contribution in [0.3, 0.4) is 0 Å². The van der Waals surface area contributed by atoms with Crippen LogP contribution in [0.4, 0.5) is 0 Å². The van der Waals surface area contributed by atoms with Gasteiger partial charge < -0.3 is 14.2 Å². The first-order valence-electron chi connectivity index (χ1n) is 32.3. The Labute approximate surface area is 460 Å².